The molecule has 13 aromatic rings. The molecule has 0 atom stereocenters. The molecule has 328 valence electrons. The average molecular weight is 907 g/mol. The molecule has 0 N–H and O–H groups in total. The fraction of sp³-hybridized carbons (Fsp3) is 0.0149. The van der Waals surface area contributed by atoms with Crippen LogP contribution < -0.4 is 20.7 Å². The van der Waals surface area contributed by atoms with Crippen molar-refractivity contribution in [2.24, 2.45) is 0 Å². The van der Waals surface area contributed by atoms with Crippen molar-refractivity contribution in [2.45, 2.75) is 6.92 Å². The second-order valence-corrected chi connectivity index (χ2v) is 22.7. The Hall–Kier alpha value is -8.76. The van der Waals surface area contributed by atoms with E-state index in [2.05, 4.69) is 277 Å². The molecule has 0 radical (unpaired) electrons. The number of nitrogens with zero attached hydrogens (tertiary/aromatic N) is 2. The zero-order valence-corrected chi connectivity index (χ0v) is 39.7. The van der Waals surface area contributed by atoms with Crippen molar-refractivity contribution in [2.75, 3.05) is 0 Å². The molecule has 0 saturated carbocycles. The molecule has 0 saturated heterocycles. The van der Waals surface area contributed by atoms with Gasteiger partial charge in [-0.2, -0.15) is 0 Å². The van der Waals surface area contributed by atoms with Gasteiger partial charge in [0.1, 0.15) is 0 Å². The van der Waals surface area contributed by atoms with Gasteiger partial charge in [0.15, 0.2) is 8.07 Å². The third-order valence-electron chi connectivity index (χ3n) is 15.1. The van der Waals surface area contributed by atoms with Crippen LogP contribution in [0, 0.1) is 6.92 Å². The summed E-state index contributed by atoms with van der Waals surface area (Å²) in [5, 5.41) is 10.4. The maximum atomic E-state index is 2.57. The second kappa shape index (κ2) is 15.9. The zero-order chi connectivity index (χ0) is 46.3. The van der Waals surface area contributed by atoms with E-state index in [-0.39, 0.29) is 0 Å². The molecule has 3 heteroatoms. The van der Waals surface area contributed by atoms with Crippen LogP contribution in [0.2, 0.25) is 0 Å². The Morgan fingerprint density at radius 3 is 1.21 bits per heavy atom. The summed E-state index contributed by atoms with van der Waals surface area (Å²) >= 11 is 0. The predicted molar refractivity (Wildman–Crippen MR) is 299 cm³/mol. The highest BCUT2D eigenvalue weighted by Gasteiger charge is 2.42. The van der Waals surface area contributed by atoms with Crippen LogP contribution in [0.3, 0.4) is 0 Å². The lowest BCUT2D eigenvalue weighted by Gasteiger charge is -2.35. The smallest absolute Gasteiger partial charge is 0.179 e. The quantitative estimate of drug-likeness (QED) is 0.116. The van der Waals surface area contributed by atoms with E-state index in [0.29, 0.717) is 0 Å². The van der Waals surface area contributed by atoms with Gasteiger partial charge in [0, 0.05) is 32.9 Å². The van der Waals surface area contributed by atoms with Crippen LogP contribution in [0.4, 0.5) is 0 Å². The third kappa shape index (κ3) is 5.98. The minimum Gasteiger partial charge on any atom is -0.309 e. The summed E-state index contributed by atoms with van der Waals surface area (Å²) in [6, 6.07) is 98.2. The number of hydrogen-bond acceptors (Lipinski definition) is 0. The molecule has 14 rings (SSSR count). The van der Waals surface area contributed by atoms with E-state index in [1.165, 1.54) is 114 Å². The van der Waals surface area contributed by atoms with Crippen molar-refractivity contribution >= 4 is 72.4 Å². The van der Waals surface area contributed by atoms with Crippen molar-refractivity contribution in [3.05, 3.63) is 266 Å². The molecule has 0 unspecified atom stereocenters. The largest absolute Gasteiger partial charge is 0.309 e. The molecular weight excluding hydrogens is 861 g/mol. The molecule has 0 fully saturated rings. The summed E-state index contributed by atoms with van der Waals surface area (Å²) in [7, 11) is -3.07. The van der Waals surface area contributed by atoms with Crippen LogP contribution >= 0.6 is 0 Å². The molecule has 1 aliphatic rings. The van der Waals surface area contributed by atoms with Crippen molar-refractivity contribution in [3.63, 3.8) is 0 Å². The zero-order valence-electron chi connectivity index (χ0n) is 38.7. The Bertz CT molecular complexity index is 4100. The van der Waals surface area contributed by atoms with Crippen LogP contribution in [-0.4, -0.2) is 17.2 Å². The lowest BCUT2D eigenvalue weighted by molar-refractivity contribution is 1.17. The number of hydrogen-bond donors (Lipinski definition) is 0. The van der Waals surface area contributed by atoms with E-state index in [4.69, 9.17) is 0 Å². The molecule has 11 aromatic carbocycles. The number of fused-ring (bicyclic) bond motifs is 14. The Kier molecular flexibility index (Phi) is 9.17. The number of aryl methyl sites for hydroxylation is 1. The van der Waals surface area contributed by atoms with Crippen LogP contribution in [0.25, 0.3) is 99.5 Å². The topological polar surface area (TPSA) is 9.86 Å². The first-order valence-corrected chi connectivity index (χ1v) is 26.3. The molecular formula is C67H46N2Si. The number of para-hydroxylation sites is 3. The number of rotatable bonds is 6. The molecule has 0 spiro atoms. The van der Waals surface area contributed by atoms with Gasteiger partial charge in [-0.1, -0.05) is 218 Å². The highest BCUT2D eigenvalue weighted by Crippen LogP contribution is 2.48. The van der Waals surface area contributed by atoms with E-state index in [9.17, 15) is 0 Å². The first-order chi connectivity index (χ1) is 34.6. The van der Waals surface area contributed by atoms with Gasteiger partial charge in [-0.05, 0) is 121 Å². The fourth-order valence-electron chi connectivity index (χ4n) is 12.1. The van der Waals surface area contributed by atoms with E-state index in [0.717, 1.165) is 11.4 Å². The maximum Gasteiger partial charge on any atom is 0.179 e. The van der Waals surface area contributed by atoms with Crippen molar-refractivity contribution in [1.82, 2.24) is 9.13 Å². The van der Waals surface area contributed by atoms with Gasteiger partial charge in [-0.3, -0.25) is 0 Å². The standard InChI is InChI=1S/C67H46N2Si/c1-45-35-38-56-57-39-37-51(44-62(57)55-28-11-9-26-53(55)52-25-8-10-27-54(52)61(56)41-45)70(48-20-4-2-5-21-48,49-22-6-3-7-23-49)50-24-18-19-46(42-50)68-66-34-17-14-31-60(66)63-43-47(36-40-67(63)68)69-64-32-15-12-29-58(64)59-30-13-16-33-65(59)69/h2-44H,1H3. The molecule has 2 nitrogen and oxygen atoms in total. The number of aromatic nitrogens is 2. The van der Waals surface area contributed by atoms with Gasteiger partial charge in [-0.15, -0.1) is 0 Å². The summed E-state index contributed by atoms with van der Waals surface area (Å²) in [4.78, 5) is 0. The van der Waals surface area contributed by atoms with Gasteiger partial charge in [-0.25, -0.2) is 0 Å². The van der Waals surface area contributed by atoms with Gasteiger partial charge in [0.2, 0.25) is 0 Å². The van der Waals surface area contributed by atoms with Gasteiger partial charge in [0.25, 0.3) is 0 Å². The molecule has 0 amide bonds. The summed E-state index contributed by atoms with van der Waals surface area (Å²) in [5.74, 6) is 0. The minimum atomic E-state index is -3.07. The summed E-state index contributed by atoms with van der Waals surface area (Å²) in [5.41, 5.74) is 18.4. The summed E-state index contributed by atoms with van der Waals surface area (Å²) < 4.78 is 4.92. The minimum absolute atomic E-state index is 1.15. The third-order valence-corrected chi connectivity index (χ3v) is 19.8. The van der Waals surface area contributed by atoms with Crippen molar-refractivity contribution in [3.8, 4) is 55.9 Å². The highest BCUT2D eigenvalue weighted by atomic mass is 28.3. The first kappa shape index (κ1) is 40.3. The van der Waals surface area contributed by atoms with Crippen molar-refractivity contribution in [1.29, 1.82) is 0 Å². The Morgan fingerprint density at radius 2 is 0.643 bits per heavy atom. The Labute approximate surface area is 408 Å². The van der Waals surface area contributed by atoms with Gasteiger partial charge in [0.05, 0.1) is 22.1 Å². The summed E-state index contributed by atoms with van der Waals surface area (Å²) in [6.45, 7) is 2.21. The molecule has 0 bridgehead atoms. The monoisotopic (exact) mass is 906 g/mol. The first-order valence-electron chi connectivity index (χ1n) is 24.3. The van der Waals surface area contributed by atoms with Crippen LogP contribution in [0.1, 0.15) is 5.56 Å². The molecule has 0 aliphatic heterocycles. The highest BCUT2D eigenvalue weighted by molar-refractivity contribution is 7.20. The van der Waals surface area contributed by atoms with E-state index >= 15 is 0 Å². The van der Waals surface area contributed by atoms with E-state index in [1.807, 2.05) is 0 Å². The molecule has 70 heavy (non-hydrogen) atoms. The van der Waals surface area contributed by atoms with Gasteiger partial charge >= 0.3 is 0 Å². The van der Waals surface area contributed by atoms with Crippen LogP contribution in [-0.2, 0) is 0 Å². The van der Waals surface area contributed by atoms with Crippen LogP contribution in [0.5, 0.6) is 0 Å². The van der Waals surface area contributed by atoms with Crippen molar-refractivity contribution < 1.29 is 0 Å². The van der Waals surface area contributed by atoms with E-state index < -0.39 is 8.07 Å². The Balaban J connectivity index is 1.02. The molecule has 2 aromatic heterocycles. The molecule has 1 aliphatic carbocycles. The maximum absolute atomic E-state index is 3.07. The van der Waals surface area contributed by atoms with Gasteiger partial charge < -0.3 is 9.13 Å². The normalized spacial score (nSPS) is 12.1. The second-order valence-electron chi connectivity index (χ2n) is 18.9. The van der Waals surface area contributed by atoms with E-state index in [1.54, 1.807) is 0 Å². The lowest BCUT2D eigenvalue weighted by atomic mass is 9.80. The summed E-state index contributed by atoms with van der Waals surface area (Å²) in [6.07, 6.45) is 0. The number of benzene rings is 11. The Morgan fingerprint density at radius 1 is 0.243 bits per heavy atom. The lowest BCUT2D eigenvalue weighted by Crippen LogP contribution is -2.74. The predicted octanol–water partition coefficient (Wildman–Crippen LogP) is 14.5. The fourth-order valence-corrected chi connectivity index (χ4v) is 16.9. The average Bonchev–Trinajstić information content (AvgIpc) is 3.94. The molecule has 2 heterocycles. The van der Waals surface area contributed by atoms with Crippen LogP contribution in [0.15, 0.2) is 261 Å². The SMILES string of the molecule is Cc1ccc2c(c1)-c1ccccc1-c1ccccc1-c1cc([Si](c3ccccc3)(c3ccccc3)c3cccc(-n4c5ccccc5c5cc(-n6c7ccccc7c7ccccc76)ccc54)c3)ccc1-2.